The lowest BCUT2D eigenvalue weighted by molar-refractivity contribution is -0.121. The van der Waals surface area contributed by atoms with Gasteiger partial charge in [0.15, 0.2) is 0 Å². The molecular formula is C12H27N3O. The first-order valence-electron chi connectivity index (χ1n) is 6.00. The van der Waals surface area contributed by atoms with Gasteiger partial charge in [0, 0.05) is 7.05 Å². The average Bonchev–Trinajstić information content (AvgIpc) is 2.24. The molecule has 0 unspecified atom stereocenters. The first-order valence-corrected chi connectivity index (χ1v) is 6.00. The Morgan fingerprint density at radius 2 is 2.00 bits per heavy atom. The summed E-state index contributed by atoms with van der Waals surface area (Å²) in [5.41, 5.74) is 5.92. The van der Waals surface area contributed by atoms with Gasteiger partial charge in [-0.3, -0.25) is 9.69 Å². The third kappa shape index (κ3) is 7.65. The van der Waals surface area contributed by atoms with Gasteiger partial charge in [0.05, 0.1) is 6.54 Å². The van der Waals surface area contributed by atoms with Crippen LogP contribution in [0.5, 0.6) is 0 Å². The highest BCUT2D eigenvalue weighted by molar-refractivity contribution is 5.77. The normalized spacial score (nSPS) is 11.9. The van der Waals surface area contributed by atoms with Crippen LogP contribution in [0.1, 0.15) is 33.1 Å². The van der Waals surface area contributed by atoms with E-state index in [-0.39, 0.29) is 11.3 Å². The lowest BCUT2D eigenvalue weighted by Crippen LogP contribution is -2.33. The van der Waals surface area contributed by atoms with Crippen LogP contribution in [0.3, 0.4) is 0 Å². The number of nitrogens with one attached hydrogen (secondary N) is 1. The van der Waals surface area contributed by atoms with Crippen molar-refractivity contribution >= 4 is 5.91 Å². The molecule has 0 spiro atoms. The Morgan fingerprint density at radius 3 is 2.50 bits per heavy atom. The highest BCUT2D eigenvalue weighted by atomic mass is 16.1. The Kier molecular flexibility index (Phi) is 7.34. The molecule has 0 aromatic carbocycles. The quantitative estimate of drug-likeness (QED) is 0.606. The van der Waals surface area contributed by atoms with E-state index in [0.29, 0.717) is 6.54 Å². The van der Waals surface area contributed by atoms with Gasteiger partial charge in [-0.25, -0.2) is 0 Å². The minimum absolute atomic E-state index is 0.0739. The van der Waals surface area contributed by atoms with Crippen molar-refractivity contribution in [1.82, 2.24) is 10.2 Å². The zero-order chi connectivity index (χ0) is 12.6. The summed E-state index contributed by atoms with van der Waals surface area (Å²) in [6.07, 6.45) is 3.44. The number of amides is 1. The van der Waals surface area contributed by atoms with E-state index in [9.17, 15) is 4.79 Å². The molecule has 0 radical (unpaired) electrons. The molecule has 16 heavy (non-hydrogen) atoms. The van der Waals surface area contributed by atoms with Crippen LogP contribution >= 0.6 is 0 Å². The van der Waals surface area contributed by atoms with Gasteiger partial charge in [-0.1, -0.05) is 20.3 Å². The van der Waals surface area contributed by atoms with Gasteiger partial charge in [0.25, 0.3) is 0 Å². The molecule has 0 aromatic rings. The van der Waals surface area contributed by atoms with Crippen LogP contribution in [0.2, 0.25) is 0 Å². The van der Waals surface area contributed by atoms with Gasteiger partial charge >= 0.3 is 0 Å². The molecule has 0 atom stereocenters. The summed E-state index contributed by atoms with van der Waals surface area (Å²) in [4.78, 5) is 13.1. The molecular weight excluding hydrogens is 202 g/mol. The second-order valence-corrected chi connectivity index (χ2v) is 5.24. The highest BCUT2D eigenvalue weighted by Gasteiger charge is 2.14. The van der Waals surface area contributed by atoms with E-state index >= 15 is 0 Å². The fraction of sp³-hybridized carbons (Fsp3) is 0.917. The highest BCUT2D eigenvalue weighted by Crippen LogP contribution is 2.21. The first-order chi connectivity index (χ1) is 7.41. The van der Waals surface area contributed by atoms with Crippen LogP contribution in [-0.2, 0) is 4.79 Å². The van der Waals surface area contributed by atoms with E-state index in [1.54, 1.807) is 7.05 Å². The fourth-order valence-electron chi connectivity index (χ4n) is 1.49. The summed E-state index contributed by atoms with van der Waals surface area (Å²) in [5.74, 6) is 0.0739. The number of unbranched alkanes of at least 4 members (excludes halogenated alkanes) is 1. The van der Waals surface area contributed by atoms with Crippen LogP contribution in [0.25, 0.3) is 0 Å². The predicted octanol–water partition coefficient (Wildman–Crippen LogP) is 0.819. The molecule has 3 N–H and O–H groups in total. The van der Waals surface area contributed by atoms with Crippen molar-refractivity contribution in [3.8, 4) is 0 Å². The number of hydrogen-bond donors (Lipinski definition) is 2. The Bertz CT molecular complexity index is 204. The van der Waals surface area contributed by atoms with E-state index in [2.05, 4.69) is 19.2 Å². The maximum absolute atomic E-state index is 11.1. The van der Waals surface area contributed by atoms with Crippen molar-refractivity contribution in [2.75, 3.05) is 33.7 Å². The van der Waals surface area contributed by atoms with Gasteiger partial charge in [0.2, 0.25) is 5.91 Å². The summed E-state index contributed by atoms with van der Waals surface area (Å²) in [5, 5.41) is 2.62. The fourth-order valence-corrected chi connectivity index (χ4v) is 1.49. The Balaban J connectivity index is 3.55. The summed E-state index contributed by atoms with van der Waals surface area (Å²) < 4.78 is 0. The second kappa shape index (κ2) is 7.63. The predicted molar refractivity (Wildman–Crippen MR) is 68.3 cm³/mol. The molecule has 0 aliphatic carbocycles. The third-order valence-corrected chi connectivity index (χ3v) is 2.89. The van der Waals surface area contributed by atoms with Gasteiger partial charge in [-0.2, -0.15) is 0 Å². The summed E-state index contributed by atoms with van der Waals surface area (Å²) in [7, 11) is 3.64. The topological polar surface area (TPSA) is 58.4 Å². The largest absolute Gasteiger partial charge is 0.358 e. The number of nitrogens with two attached hydrogens (primary N) is 1. The minimum Gasteiger partial charge on any atom is -0.358 e. The van der Waals surface area contributed by atoms with Crippen LogP contribution in [-0.4, -0.2) is 44.5 Å². The van der Waals surface area contributed by atoms with Crippen LogP contribution in [0.4, 0.5) is 0 Å². The van der Waals surface area contributed by atoms with Crippen molar-refractivity contribution in [2.45, 2.75) is 33.1 Å². The Labute approximate surface area is 99.6 Å². The monoisotopic (exact) mass is 229 g/mol. The third-order valence-electron chi connectivity index (χ3n) is 2.89. The number of likely N-dealkylation sites (N-methyl/N-ethyl adjacent to an activating group) is 2. The summed E-state index contributed by atoms with van der Waals surface area (Å²) in [6, 6.07) is 0. The van der Waals surface area contributed by atoms with E-state index < -0.39 is 0 Å². The molecule has 0 saturated carbocycles. The number of carbonyl (C=O) groups is 1. The zero-order valence-corrected chi connectivity index (χ0v) is 11.2. The molecule has 0 aliphatic rings. The maximum Gasteiger partial charge on any atom is 0.233 e. The molecule has 0 aliphatic heterocycles. The number of nitrogens with zero attached hydrogens (tertiary/aromatic N) is 1. The summed E-state index contributed by atoms with van der Waals surface area (Å²) in [6.45, 7) is 6.58. The minimum atomic E-state index is 0.0739. The van der Waals surface area contributed by atoms with Crippen LogP contribution in [0.15, 0.2) is 0 Å². The lowest BCUT2D eigenvalue weighted by Gasteiger charge is -2.22. The second-order valence-electron chi connectivity index (χ2n) is 5.24. The summed E-state index contributed by atoms with van der Waals surface area (Å²) >= 11 is 0. The van der Waals surface area contributed by atoms with Crippen molar-refractivity contribution < 1.29 is 4.79 Å². The van der Waals surface area contributed by atoms with Crippen molar-refractivity contribution in [2.24, 2.45) is 11.1 Å². The van der Waals surface area contributed by atoms with E-state index in [1.807, 2.05) is 11.9 Å². The molecule has 0 aromatic heterocycles. The maximum atomic E-state index is 11.1. The SMILES string of the molecule is CNC(=O)CN(C)CCCCC(C)(C)CN. The number of carbonyl (C=O) groups excluding carboxylic acids is 1. The number of rotatable bonds is 8. The molecule has 0 heterocycles. The van der Waals surface area contributed by atoms with Gasteiger partial charge < -0.3 is 11.1 Å². The molecule has 0 saturated heterocycles. The lowest BCUT2D eigenvalue weighted by atomic mass is 9.87. The molecule has 4 heteroatoms. The van der Waals surface area contributed by atoms with Crippen LogP contribution in [0, 0.1) is 5.41 Å². The van der Waals surface area contributed by atoms with Gasteiger partial charge in [0.1, 0.15) is 0 Å². The first kappa shape index (κ1) is 15.4. The van der Waals surface area contributed by atoms with Crippen LogP contribution < -0.4 is 11.1 Å². The van der Waals surface area contributed by atoms with E-state index in [0.717, 1.165) is 25.9 Å². The molecule has 0 rings (SSSR count). The average molecular weight is 229 g/mol. The van der Waals surface area contributed by atoms with Gasteiger partial charge in [-0.05, 0) is 38.4 Å². The van der Waals surface area contributed by atoms with E-state index in [4.69, 9.17) is 5.73 Å². The van der Waals surface area contributed by atoms with E-state index in [1.165, 1.54) is 6.42 Å². The molecule has 0 fully saturated rings. The zero-order valence-electron chi connectivity index (χ0n) is 11.2. The Morgan fingerprint density at radius 1 is 1.38 bits per heavy atom. The van der Waals surface area contributed by atoms with Crippen molar-refractivity contribution in [3.63, 3.8) is 0 Å². The smallest absolute Gasteiger partial charge is 0.233 e. The van der Waals surface area contributed by atoms with Gasteiger partial charge in [-0.15, -0.1) is 0 Å². The van der Waals surface area contributed by atoms with Crippen molar-refractivity contribution in [3.05, 3.63) is 0 Å². The molecule has 1 amide bonds. The van der Waals surface area contributed by atoms with Crippen molar-refractivity contribution in [1.29, 1.82) is 0 Å². The number of hydrogen-bond acceptors (Lipinski definition) is 3. The molecule has 4 nitrogen and oxygen atoms in total. The molecule has 96 valence electrons. The Hall–Kier alpha value is -0.610. The standard InChI is InChI=1S/C12H27N3O/c1-12(2,10-13)7-5-6-8-15(4)9-11(16)14-3/h5-10,13H2,1-4H3,(H,14,16). The molecule has 0 bridgehead atoms.